The molecule has 0 spiro atoms. The Kier molecular flexibility index (Phi) is 5.88. The van der Waals surface area contributed by atoms with Gasteiger partial charge in [-0.1, -0.05) is 127 Å². The number of fused-ring (bicyclic) bond motifs is 3. The number of benzene rings is 7. The first-order chi connectivity index (χ1) is 19.3. The fraction of sp³-hybridized carbons (Fsp3) is 0. The fourth-order valence-electron chi connectivity index (χ4n) is 5.52. The predicted molar refractivity (Wildman–Crippen MR) is 167 cm³/mol. The topological polar surface area (TPSA) is 12.0 Å². The van der Waals surface area contributed by atoms with Crippen LogP contribution in [0.1, 0.15) is 0 Å². The summed E-state index contributed by atoms with van der Waals surface area (Å²) in [7, 11) is 0. The molecule has 7 aromatic rings. The van der Waals surface area contributed by atoms with Crippen LogP contribution in [0.3, 0.4) is 0 Å². The molecule has 0 aliphatic heterocycles. The zero-order valence-electron chi connectivity index (χ0n) is 21.5. The number of hydrogen-bond donors (Lipinski definition) is 1. The van der Waals surface area contributed by atoms with Gasteiger partial charge in [-0.3, -0.25) is 0 Å². The van der Waals surface area contributed by atoms with Gasteiger partial charge in [0.05, 0.1) is 0 Å². The van der Waals surface area contributed by atoms with E-state index in [1.54, 1.807) is 0 Å². The molecule has 0 amide bonds. The molecule has 0 fully saturated rings. The molecule has 1 nitrogen and oxygen atoms in total. The second-order valence-electron chi connectivity index (χ2n) is 9.89. The van der Waals surface area contributed by atoms with Gasteiger partial charge in [-0.2, -0.15) is 0 Å². The van der Waals surface area contributed by atoms with Crippen LogP contribution in [0.2, 0.25) is 0 Å². The molecule has 7 aromatic carbocycles. The highest BCUT2D eigenvalue weighted by molar-refractivity contribution is 6.13. The molecule has 0 saturated carbocycles. The van der Waals surface area contributed by atoms with Crippen LogP contribution < -0.4 is 5.32 Å². The zero-order valence-corrected chi connectivity index (χ0v) is 21.5. The minimum Gasteiger partial charge on any atom is -0.355 e. The Morgan fingerprint density at radius 2 is 0.974 bits per heavy atom. The van der Waals surface area contributed by atoms with Crippen molar-refractivity contribution in [3.05, 3.63) is 158 Å². The van der Waals surface area contributed by atoms with Crippen molar-refractivity contribution >= 4 is 32.9 Å². The molecule has 1 heteroatoms. The van der Waals surface area contributed by atoms with E-state index in [0.717, 1.165) is 11.4 Å². The second-order valence-corrected chi connectivity index (χ2v) is 9.89. The quantitative estimate of drug-likeness (QED) is 0.233. The minimum absolute atomic E-state index is 1.07. The van der Waals surface area contributed by atoms with Crippen molar-refractivity contribution in [3.8, 4) is 33.4 Å². The van der Waals surface area contributed by atoms with Crippen LogP contribution >= 0.6 is 0 Å². The van der Waals surface area contributed by atoms with Crippen molar-refractivity contribution in [1.29, 1.82) is 0 Å². The molecule has 1 N–H and O–H groups in total. The van der Waals surface area contributed by atoms with Crippen molar-refractivity contribution in [1.82, 2.24) is 0 Å². The van der Waals surface area contributed by atoms with E-state index in [0.29, 0.717) is 0 Å². The van der Waals surface area contributed by atoms with Crippen molar-refractivity contribution in [3.63, 3.8) is 0 Å². The SMILES string of the molecule is c1ccc(-c2cccc(-c3ccccc3Nc3ccc(-c4cc5ccccc5c5ccccc45)cc3)c2)cc1. The maximum absolute atomic E-state index is 3.68. The molecule has 39 heavy (non-hydrogen) atoms. The molecule has 184 valence electrons. The van der Waals surface area contributed by atoms with E-state index in [9.17, 15) is 0 Å². The molecule has 0 atom stereocenters. The van der Waals surface area contributed by atoms with Crippen LogP contribution in [0.5, 0.6) is 0 Å². The Hall–Kier alpha value is -5.14. The molecule has 0 unspecified atom stereocenters. The number of para-hydroxylation sites is 1. The van der Waals surface area contributed by atoms with Crippen LogP contribution in [-0.4, -0.2) is 0 Å². The Labute approximate surface area is 229 Å². The Morgan fingerprint density at radius 1 is 0.333 bits per heavy atom. The maximum atomic E-state index is 3.68. The number of nitrogens with one attached hydrogen (secondary N) is 1. The van der Waals surface area contributed by atoms with E-state index in [2.05, 4.69) is 163 Å². The summed E-state index contributed by atoms with van der Waals surface area (Å²) in [6.07, 6.45) is 0. The van der Waals surface area contributed by atoms with E-state index in [4.69, 9.17) is 0 Å². The van der Waals surface area contributed by atoms with Gasteiger partial charge < -0.3 is 5.32 Å². The molecule has 0 heterocycles. The van der Waals surface area contributed by atoms with Gasteiger partial charge in [0.25, 0.3) is 0 Å². The largest absolute Gasteiger partial charge is 0.355 e. The van der Waals surface area contributed by atoms with E-state index < -0.39 is 0 Å². The molecule has 0 aliphatic carbocycles. The summed E-state index contributed by atoms with van der Waals surface area (Å²) in [5.41, 5.74) is 9.44. The number of hydrogen-bond acceptors (Lipinski definition) is 1. The first-order valence-corrected chi connectivity index (χ1v) is 13.4. The lowest BCUT2D eigenvalue weighted by Gasteiger charge is -2.15. The molecule has 0 saturated heterocycles. The van der Waals surface area contributed by atoms with Crippen LogP contribution in [0, 0.1) is 0 Å². The fourth-order valence-corrected chi connectivity index (χ4v) is 5.52. The zero-order chi connectivity index (χ0) is 26.0. The smallest absolute Gasteiger partial charge is 0.0463 e. The van der Waals surface area contributed by atoms with Gasteiger partial charge in [0.15, 0.2) is 0 Å². The Morgan fingerprint density at radius 3 is 1.82 bits per heavy atom. The molecular weight excluding hydrogens is 470 g/mol. The standard InChI is InChI=1S/C38H27N/c1-2-11-27(12-3-1)29-14-10-15-30(25-29)34-17-8-9-20-38(34)39-32-23-21-28(22-24-32)37-26-31-13-4-5-16-33(31)35-18-6-7-19-36(35)37/h1-26,39H. The highest BCUT2D eigenvalue weighted by atomic mass is 14.9. The van der Waals surface area contributed by atoms with Crippen LogP contribution in [0.4, 0.5) is 11.4 Å². The monoisotopic (exact) mass is 497 g/mol. The summed E-state index contributed by atoms with van der Waals surface area (Å²) in [5, 5.41) is 8.80. The Bertz CT molecular complexity index is 1920. The van der Waals surface area contributed by atoms with Crippen LogP contribution in [-0.2, 0) is 0 Å². The second kappa shape index (κ2) is 9.96. The summed E-state index contributed by atoms with van der Waals surface area (Å²) in [5.74, 6) is 0. The van der Waals surface area contributed by atoms with Gasteiger partial charge in [0.2, 0.25) is 0 Å². The summed E-state index contributed by atoms with van der Waals surface area (Å²) in [6.45, 7) is 0. The minimum atomic E-state index is 1.07. The van der Waals surface area contributed by atoms with Crippen molar-refractivity contribution < 1.29 is 0 Å². The summed E-state index contributed by atoms with van der Waals surface area (Å²) < 4.78 is 0. The molecule has 0 aliphatic rings. The Balaban J connectivity index is 1.22. The van der Waals surface area contributed by atoms with E-state index in [1.165, 1.54) is 54.9 Å². The number of anilines is 2. The lowest BCUT2D eigenvalue weighted by atomic mass is 9.93. The lowest BCUT2D eigenvalue weighted by molar-refractivity contribution is 1.53. The van der Waals surface area contributed by atoms with Crippen LogP contribution in [0.15, 0.2) is 158 Å². The van der Waals surface area contributed by atoms with Gasteiger partial charge in [-0.25, -0.2) is 0 Å². The average Bonchev–Trinajstić information content (AvgIpc) is 3.02. The third-order valence-corrected chi connectivity index (χ3v) is 7.45. The molecule has 0 aromatic heterocycles. The average molecular weight is 498 g/mol. The van der Waals surface area contributed by atoms with Gasteiger partial charge in [0, 0.05) is 16.9 Å². The third kappa shape index (κ3) is 4.45. The van der Waals surface area contributed by atoms with E-state index in [-0.39, 0.29) is 0 Å². The van der Waals surface area contributed by atoms with E-state index in [1.807, 2.05) is 0 Å². The number of rotatable bonds is 5. The highest BCUT2D eigenvalue weighted by Gasteiger charge is 2.10. The van der Waals surface area contributed by atoms with Gasteiger partial charge >= 0.3 is 0 Å². The van der Waals surface area contributed by atoms with Crippen LogP contribution in [0.25, 0.3) is 54.9 Å². The maximum Gasteiger partial charge on any atom is 0.0463 e. The van der Waals surface area contributed by atoms with Crippen molar-refractivity contribution in [2.24, 2.45) is 0 Å². The molecule has 7 rings (SSSR count). The third-order valence-electron chi connectivity index (χ3n) is 7.45. The first-order valence-electron chi connectivity index (χ1n) is 13.4. The molecule has 0 radical (unpaired) electrons. The first kappa shape index (κ1) is 23.0. The molecule has 0 bridgehead atoms. The summed E-state index contributed by atoms with van der Waals surface area (Å²) in [6, 6.07) is 56.3. The highest BCUT2D eigenvalue weighted by Crippen LogP contribution is 2.36. The van der Waals surface area contributed by atoms with Crippen molar-refractivity contribution in [2.45, 2.75) is 0 Å². The molecular formula is C38H27N. The predicted octanol–water partition coefficient (Wildman–Crippen LogP) is 10.7. The van der Waals surface area contributed by atoms with E-state index >= 15 is 0 Å². The van der Waals surface area contributed by atoms with Gasteiger partial charge in [-0.05, 0) is 79.7 Å². The van der Waals surface area contributed by atoms with Crippen molar-refractivity contribution in [2.75, 3.05) is 5.32 Å². The summed E-state index contributed by atoms with van der Waals surface area (Å²) in [4.78, 5) is 0. The van der Waals surface area contributed by atoms with Gasteiger partial charge in [0.1, 0.15) is 0 Å². The normalized spacial score (nSPS) is 11.1. The van der Waals surface area contributed by atoms with Gasteiger partial charge in [-0.15, -0.1) is 0 Å². The lowest BCUT2D eigenvalue weighted by Crippen LogP contribution is -1.94. The summed E-state index contributed by atoms with van der Waals surface area (Å²) >= 11 is 0.